The minimum atomic E-state index is -0.00268. The van der Waals surface area contributed by atoms with E-state index in [1.54, 1.807) is 0 Å². The van der Waals surface area contributed by atoms with E-state index in [2.05, 4.69) is 205 Å². The SMILES string of the molecule is C=C/C(=C\C1=C(C)C(C)(C)CCC1(C)C)N1c2cccc3c2B(c2cc(C(C)(C)C)ccc2N3c2ccc3c(c2)C(C)(C)CCC3(C)C)c2sc3ccc(C(C)(C)C)cc3c21. The molecule has 4 heteroatoms. The third kappa shape index (κ3) is 6.55. The molecule has 2 nitrogen and oxygen atoms in total. The summed E-state index contributed by atoms with van der Waals surface area (Å²) in [5.41, 5.74) is 19.4. The molecule has 1 aromatic heterocycles. The van der Waals surface area contributed by atoms with E-state index in [9.17, 15) is 0 Å². The highest BCUT2D eigenvalue weighted by Gasteiger charge is 2.47. The van der Waals surface area contributed by atoms with E-state index in [0.29, 0.717) is 0 Å². The predicted octanol–water partition coefficient (Wildman–Crippen LogP) is 14.8. The second-order valence-electron chi connectivity index (χ2n) is 23.7. The summed E-state index contributed by atoms with van der Waals surface area (Å²) in [4.78, 5) is 5.23. The van der Waals surface area contributed by atoms with Crippen molar-refractivity contribution in [1.29, 1.82) is 0 Å². The van der Waals surface area contributed by atoms with Gasteiger partial charge >= 0.3 is 0 Å². The van der Waals surface area contributed by atoms with Crippen LogP contribution in [0.15, 0.2) is 108 Å². The molecule has 0 amide bonds. The van der Waals surface area contributed by atoms with Gasteiger partial charge in [0.05, 0.1) is 5.69 Å². The lowest BCUT2D eigenvalue weighted by molar-refractivity contribution is 0.267. The number of hydrogen-bond donors (Lipinski definition) is 0. The van der Waals surface area contributed by atoms with Gasteiger partial charge in [-0.2, -0.15) is 0 Å². The Morgan fingerprint density at radius 1 is 0.672 bits per heavy atom. The van der Waals surface area contributed by atoms with Crippen molar-refractivity contribution in [2.45, 2.75) is 151 Å². The van der Waals surface area contributed by atoms with Gasteiger partial charge < -0.3 is 9.80 Å². The average molecular weight is 825 g/mol. The van der Waals surface area contributed by atoms with E-state index in [0.717, 1.165) is 12.1 Å². The fourth-order valence-electron chi connectivity index (χ4n) is 11.1. The van der Waals surface area contributed by atoms with E-state index in [1.165, 1.54) is 107 Å². The van der Waals surface area contributed by atoms with Gasteiger partial charge in [-0.1, -0.05) is 139 Å². The summed E-state index contributed by atoms with van der Waals surface area (Å²) < 4.78 is 2.76. The van der Waals surface area contributed by atoms with Crippen LogP contribution in [0, 0.1) is 10.8 Å². The Balaban J connectivity index is 1.38. The van der Waals surface area contributed by atoms with Crippen molar-refractivity contribution in [3.63, 3.8) is 0 Å². The summed E-state index contributed by atoms with van der Waals surface area (Å²) in [6, 6.07) is 29.2. The minimum absolute atomic E-state index is 0.00268. The topological polar surface area (TPSA) is 6.48 Å². The van der Waals surface area contributed by atoms with Crippen LogP contribution in [0.5, 0.6) is 0 Å². The van der Waals surface area contributed by atoms with Crippen LogP contribution in [0.4, 0.5) is 28.4 Å². The molecule has 0 spiro atoms. The molecule has 0 unspecified atom stereocenters. The highest BCUT2D eigenvalue weighted by atomic mass is 32.1. The number of anilines is 5. The van der Waals surface area contributed by atoms with Crippen molar-refractivity contribution in [2.75, 3.05) is 9.80 Å². The van der Waals surface area contributed by atoms with Crippen LogP contribution >= 0.6 is 11.3 Å². The molecule has 0 bridgehead atoms. The normalized spacial score (nSPS) is 20.0. The number of nitrogens with zero attached hydrogens (tertiary/aromatic N) is 2. The maximum absolute atomic E-state index is 4.62. The van der Waals surface area contributed by atoms with Crippen molar-refractivity contribution in [2.24, 2.45) is 10.8 Å². The van der Waals surface area contributed by atoms with E-state index >= 15 is 0 Å². The molecule has 0 atom stereocenters. The highest BCUT2D eigenvalue weighted by molar-refractivity contribution is 7.33. The molecular weight excluding hydrogens is 756 g/mol. The summed E-state index contributed by atoms with van der Waals surface area (Å²) in [5.74, 6) is 0. The summed E-state index contributed by atoms with van der Waals surface area (Å²) in [5, 5.41) is 1.33. The Morgan fingerprint density at radius 2 is 1.28 bits per heavy atom. The molecule has 316 valence electrons. The summed E-state index contributed by atoms with van der Waals surface area (Å²) >= 11 is 1.99. The third-order valence-corrected chi connectivity index (χ3v) is 16.9. The Hall–Kier alpha value is -4.28. The van der Waals surface area contributed by atoms with Crippen molar-refractivity contribution in [3.8, 4) is 0 Å². The molecule has 3 heterocycles. The van der Waals surface area contributed by atoms with E-state index < -0.39 is 0 Å². The number of thiophene rings is 1. The first kappa shape index (κ1) is 42.0. The number of hydrogen-bond acceptors (Lipinski definition) is 3. The Bertz CT molecular complexity index is 2720. The lowest BCUT2D eigenvalue weighted by Crippen LogP contribution is -2.61. The molecule has 0 fully saturated rings. The molecule has 0 N–H and O–H groups in total. The molecule has 9 rings (SSSR count). The maximum atomic E-state index is 4.62. The zero-order valence-corrected chi connectivity index (χ0v) is 40.8. The van der Waals surface area contributed by atoms with Crippen molar-refractivity contribution in [3.05, 3.63) is 131 Å². The zero-order chi connectivity index (χ0) is 44.0. The van der Waals surface area contributed by atoms with Crippen LogP contribution in [0.3, 0.4) is 0 Å². The number of rotatable bonds is 4. The van der Waals surface area contributed by atoms with Crippen LogP contribution in [-0.2, 0) is 21.7 Å². The van der Waals surface area contributed by atoms with Gasteiger partial charge in [-0.15, -0.1) is 11.3 Å². The monoisotopic (exact) mass is 825 g/mol. The third-order valence-electron chi connectivity index (χ3n) is 15.7. The van der Waals surface area contributed by atoms with Gasteiger partial charge in [0.15, 0.2) is 0 Å². The quantitative estimate of drug-likeness (QED) is 0.129. The van der Waals surface area contributed by atoms with E-state index in [-0.39, 0.29) is 39.2 Å². The molecule has 4 aromatic carbocycles. The first-order chi connectivity index (χ1) is 28.4. The fraction of sp³-hybridized carbons (Fsp3) is 0.439. The van der Waals surface area contributed by atoms with Crippen LogP contribution in [0.1, 0.15) is 152 Å². The van der Waals surface area contributed by atoms with Crippen LogP contribution < -0.4 is 25.5 Å². The molecule has 0 saturated carbocycles. The lowest BCUT2D eigenvalue weighted by atomic mass is 9.36. The van der Waals surface area contributed by atoms with Gasteiger partial charge in [0.2, 0.25) is 0 Å². The molecule has 2 aliphatic heterocycles. The number of benzene rings is 4. The van der Waals surface area contributed by atoms with Gasteiger partial charge in [-0.05, 0) is 158 Å². The second kappa shape index (κ2) is 13.6. The first-order valence-corrected chi connectivity index (χ1v) is 23.8. The average Bonchev–Trinajstić information content (AvgIpc) is 3.56. The number of allylic oxidation sites excluding steroid dienone is 4. The maximum Gasteiger partial charge on any atom is 0.264 e. The molecule has 61 heavy (non-hydrogen) atoms. The van der Waals surface area contributed by atoms with Crippen LogP contribution in [0.25, 0.3) is 10.1 Å². The van der Waals surface area contributed by atoms with E-state index in [4.69, 9.17) is 0 Å². The summed E-state index contributed by atoms with van der Waals surface area (Å²) in [6.07, 6.45) is 9.40. The van der Waals surface area contributed by atoms with Crippen LogP contribution in [-0.4, -0.2) is 6.71 Å². The smallest absolute Gasteiger partial charge is 0.264 e. The van der Waals surface area contributed by atoms with E-state index in [1.807, 2.05) is 11.3 Å². The van der Waals surface area contributed by atoms with Gasteiger partial charge in [-0.25, -0.2) is 0 Å². The van der Waals surface area contributed by atoms with Gasteiger partial charge in [0.25, 0.3) is 6.71 Å². The summed E-state index contributed by atoms with van der Waals surface area (Å²) in [7, 11) is 0. The van der Waals surface area contributed by atoms with Gasteiger partial charge in [0.1, 0.15) is 0 Å². The van der Waals surface area contributed by atoms with Crippen molar-refractivity contribution in [1.82, 2.24) is 0 Å². The standard InChI is InChI=1S/C57H69BN2S/c1-17-38(33-42-35(2)54(9,10)27-28-56(42,13)14)60-47-20-18-19-46-49(47)58(51-50(60)40-31-36(52(3,4)5)22-26-48(40)61-51)44-32-37(53(6,7)8)21-25-45(44)59(46)39-23-24-41-43(34-39)57(15,16)30-29-55(41,11)12/h17-26,31-34H,1,27-30H2,2-16H3/b38-33+. The summed E-state index contributed by atoms with van der Waals surface area (Å²) in [6.45, 7) is 40.7. The largest absolute Gasteiger partial charge is 0.311 e. The number of fused-ring (bicyclic) bond motifs is 7. The highest BCUT2D eigenvalue weighted by Crippen LogP contribution is 2.53. The molecular formula is C57H69BN2S. The molecule has 2 aliphatic carbocycles. The van der Waals surface area contributed by atoms with Gasteiger partial charge in [-0.3, -0.25) is 0 Å². The first-order valence-electron chi connectivity index (χ1n) is 23.0. The Morgan fingerprint density at radius 3 is 1.95 bits per heavy atom. The predicted molar refractivity (Wildman–Crippen MR) is 270 cm³/mol. The molecule has 4 aliphatic rings. The zero-order valence-electron chi connectivity index (χ0n) is 40.0. The Labute approximate surface area is 372 Å². The van der Waals surface area contributed by atoms with Crippen molar-refractivity contribution >= 4 is 72.3 Å². The molecule has 5 aromatic rings. The lowest BCUT2D eigenvalue weighted by Gasteiger charge is -2.45. The second-order valence-corrected chi connectivity index (χ2v) is 24.8. The minimum Gasteiger partial charge on any atom is -0.311 e. The van der Waals surface area contributed by atoms with Crippen molar-refractivity contribution < 1.29 is 0 Å². The molecule has 0 radical (unpaired) electrons. The van der Waals surface area contributed by atoms with Crippen LogP contribution in [0.2, 0.25) is 0 Å². The molecule has 0 saturated heterocycles. The van der Waals surface area contributed by atoms with Gasteiger partial charge in [0, 0.05) is 43.3 Å². The fourth-order valence-corrected chi connectivity index (χ4v) is 12.4. The Kier molecular flexibility index (Phi) is 9.38.